The normalized spacial score (nSPS) is 14.8. The smallest absolute Gasteiger partial charge is 0.234 e. The second kappa shape index (κ2) is 8.87. The summed E-state index contributed by atoms with van der Waals surface area (Å²) < 4.78 is 7.83. The van der Waals surface area contributed by atoms with Crippen molar-refractivity contribution >= 4 is 23.1 Å². The fraction of sp³-hybridized carbons (Fsp3) is 0.273. The number of anilines is 1. The molecule has 0 spiro atoms. The van der Waals surface area contributed by atoms with Crippen molar-refractivity contribution in [3.63, 3.8) is 0 Å². The molecule has 0 radical (unpaired) electrons. The average Bonchev–Trinajstić information content (AvgIpc) is 3.21. The van der Waals surface area contributed by atoms with Gasteiger partial charge in [-0.15, -0.1) is 0 Å². The van der Waals surface area contributed by atoms with Gasteiger partial charge in [-0.25, -0.2) is 4.98 Å². The Labute approximate surface area is 185 Å². The molecule has 0 unspecified atom stereocenters. The minimum atomic E-state index is 0.404. The lowest BCUT2D eigenvalue weighted by Gasteiger charge is -2.34. The summed E-state index contributed by atoms with van der Waals surface area (Å²) in [6.45, 7) is 4.84. The zero-order chi connectivity index (χ0) is 21.0. The molecule has 31 heavy (non-hydrogen) atoms. The van der Waals surface area contributed by atoms with Crippen molar-refractivity contribution in [2.24, 2.45) is 0 Å². The molecule has 158 valence electrons. The third kappa shape index (κ3) is 4.76. The van der Waals surface area contributed by atoms with Crippen LogP contribution in [0.15, 0.2) is 61.4 Å². The molecule has 9 heteroatoms. The number of hydrogen-bond acceptors (Lipinski definition) is 7. The van der Waals surface area contributed by atoms with Crippen LogP contribution in [0, 0.1) is 0 Å². The molecular weight excluding hydrogens is 414 g/mol. The summed E-state index contributed by atoms with van der Waals surface area (Å²) in [7, 11) is 0. The van der Waals surface area contributed by atoms with E-state index in [1.807, 2.05) is 34.9 Å². The molecule has 1 saturated heterocycles. The molecule has 1 aromatic carbocycles. The predicted octanol–water partition coefficient (Wildman–Crippen LogP) is 3.07. The highest BCUT2D eigenvalue weighted by Crippen LogP contribution is 2.19. The summed E-state index contributed by atoms with van der Waals surface area (Å²) >= 11 is 6.03. The summed E-state index contributed by atoms with van der Waals surface area (Å²) in [5.41, 5.74) is 2.93. The van der Waals surface area contributed by atoms with E-state index in [4.69, 9.17) is 16.3 Å². The first-order valence-corrected chi connectivity index (χ1v) is 10.5. The second-order valence-electron chi connectivity index (χ2n) is 7.47. The van der Waals surface area contributed by atoms with Crippen LogP contribution in [0.25, 0.3) is 5.65 Å². The number of halogens is 1. The number of benzene rings is 1. The number of nitrogens with zero attached hydrogens (tertiary/aromatic N) is 7. The molecule has 0 N–H and O–H groups in total. The quantitative estimate of drug-likeness (QED) is 0.461. The molecule has 8 nitrogen and oxygen atoms in total. The van der Waals surface area contributed by atoms with Crippen LogP contribution in [0.2, 0.25) is 5.02 Å². The molecule has 1 fully saturated rings. The van der Waals surface area contributed by atoms with Gasteiger partial charge in [-0.1, -0.05) is 23.7 Å². The average molecular weight is 436 g/mol. The first-order valence-electron chi connectivity index (χ1n) is 10.2. The monoisotopic (exact) mass is 435 g/mol. The number of aromatic nitrogens is 5. The van der Waals surface area contributed by atoms with Crippen LogP contribution in [0.3, 0.4) is 0 Å². The lowest BCUT2D eigenvalue weighted by molar-refractivity contribution is 0.246. The van der Waals surface area contributed by atoms with Crippen LogP contribution in [0.1, 0.15) is 11.3 Å². The first-order chi connectivity index (χ1) is 15.2. The molecule has 0 atom stereocenters. The SMILES string of the molecule is Clc1cccc(COc2cncc(N3CCN(Cc4cn5ccncc5n4)CC3)n2)c1. The summed E-state index contributed by atoms with van der Waals surface area (Å²) in [4.78, 5) is 22.4. The van der Waals surface area contributed by atoms with Gasteiger partial charge in [0.15, 0.2) is 11.5 Å². The Hall–Kier alpha value is -3.23. The van der Waals surface area contributed by atoms with Crippen molar-refractivity contribution in [1.29, 1.82) is 0 Å². The van der Waals surface area contributed by atoms with Crippen molar-refractivity contribution < 1.29 is 4.74 Å². The summed E-state index contributed by atoms with van der Waals surface area (Å²) in [5.74, 6) is 1.35. The number of piperazine rings is 1. The van der Waals surface area contributed by atoms with Crippen LogP contribution in [-0.4, -0.2) is 55.4 Å². The van der Waals surface area contributed by atoms with Gasteiger partial charge in [0.05, 0.1) is 24.3 Å². The van der Waals surface area contributed by atoms with E-state index in [0.717, 1.165) is 55.4 Å². The topological polar surface area (TPSA) is 71.7 Å². The molecular formula is C22H22ClN7O. The minimum absolute atomic E-state index is 0.404. The first kappa shape index (κ1) is 19.7. The van der Waals surface area contributed by atoms with Gasteiger partial charge in [0.1, 0.15) is 6.61 Å². The summed E-state index contributed by atoms with van der Waals surface area (Å²) in [6.07, 6.45) is 11.0. The van der Waals surface area contributed by atoms with E-state index in [-0.39, 0.29) is 0 Å². The van der Waals surface area contributed by atoms with Gasteiger partial charge in [0.2, 0.25) is 5.88 Å². The maximum Gasteiger partial charge on any atom is 0.234 e. The van der Waals surface area contributed by atoms with Crippen molar-refractivity contribution in [2.45, 2.75) is 13.2 Å². The van der Waals surface area contributed by atoms with Crippen molar-refractivity contribution in [3.05, 3.63) is 77.7 Å². The molecule has 1 aliphatic rings. The fourth-order valence-electron chi connectivity index (χ4n) is 3.68. The molecule has 0 saturated carbocycles. The van der Waals surface area contributed by atoms with Crippen LogP contribution in [0.4, 0.5) is 5.82 Å². The van der Waals surface area contributed by atoms with Crippen molar-refractivity contribution in [3.8, 4) is 5.88 Å². The molecule has 3 aromatic heterocycles. The van der Waals surface area contributed by atoms with Crippen LogP contribution < -0.4 is 9.64 Å². The van der Waals surface area contributed by atoms with Gasteiger partial charge in [-0.2, -0.15) is 4.98 Å². The van der Waals surface area contributed by atoms with E-state index < -0.39 is 0 Å². The fourth-order valence-corrected chi connectivity index (χ4v) is 3.89. The Kier molecular flexibility index (Phi) is 5.64. The highest BCUT2D eigenvalue weighted by Gasteiger charge is 2.19. The second-order valence-corrected chi connectivity index (χ2v) is 7.91. The van der Waals surface area contributed by atoms with Crippen molar-refractivity contribution in [1.82, 2.24) is 29.2 Å². The van der Waals surface area contributed by atoms with Gasteiger partial charge in [-0.05, 0) is 17.7 Å². The maximum absolute atomic E-state index is 6.03. The Balaban J connectivity index is 1.17. The van der Waals surface area contributed by atoms with E-state index in [9.17, 15) is 0 Å². The largest absolute Gasteiger partial charge is 0.472 e. The minimum Gasteiger partial charge on any atom is -0.472 e. The van der Waals surface area contributed by atoms with E-state index >= 15 is 0 Å². The predicted molar refractivity (Wildman–Crippen MR) is 118 cm³/mol. The third-order valence-electron chi connectivity index (χ3n) is 5.27. The molecule has 1 aliphatic heterocycles. The molecule has 5 rings (SSSR count). The van der Waals surface area contributed by atoms with Crippen molar-refractivity contribution in [2.75, 3.05) is 31.1 Å². The van der Waals surface area contributed by atoms with Gasteiger partial charge in [-0.3, -0.25) is 14.9 Å². The molecule has 0 aliphatic carbocycles. The third-order valence-corrected chi connectivity index (χ3v) is 5.51. The van der Waals surface area contributed by atoms with E-state index in [1.165, 1.54) is 0 Å². The van der Waals surface area contributed by atoms with Gasteiger partial charge >= 0.3 is 0 Å². The van der Waals surface area contributed by atoms with Crippen LogP contribution >= 0.6 is 11.6 Å². The number of ether oxygens (including phenoxy) is 1. The van der Waals surface area contributed by atoms with Gasteiger partial charge in [0.25, 0.3) is 0 Å². The molecule has 0 amide bonds. The van der Waals surface area contributed by atoms with Crippen LogP contribution in [0.5, 0.6) is 5.88 Å². The Morgan fingerprint density at radius 1 is 1.00 bits per heavy atom. The van der Waals surface area contributed by atoms with Gasteiger partial charge < -0.3 is 14.0 Å². The van der Waals surface area contributed by atoms with Gasteiger partial charge in [0, 0.05) is 56.3 Å². The Bertz CT molecular complexity index is 1140. The zero-order valence-electron chi connectivity index (χ0n) is 16.9. The maximum atomic E-state index is 6.03. The number of hydrogen-bond donors (Lipinski definition) is 0. The van der Waals surface area contributed by atoms with E-state index in [1.54, 1.807) is 24.8 Å². The Morgan fingerprint density at radius 2 is 1.90 bits per heavy atom. The number of fused-ring (bicyclic) bond motifs is 1. The van der Waals surface area contributed by atoms with E-state index in [2.05, 4.69) is 35.9 Å². The molecule has 0 bridgehead atoms. The standard InChI is InChI=1S/C22H22ClN7O/c23-18-3-1-2-17(10-18)16-31-22-13-25-12-21(27-22)29-8-6-28(7-9-29)14-19-15-30-5-4-24-11-20(30)26-19/h1-5,10-13,15H,6-9,14,16H2. The lowest BCUT2D eigenvalue weighted by Crippen LogP contribution is -2.46. The number of rotatable bonds is 6. The Morgan fingerprint density at radius 3 is 2.74 bits per heavy atom. The van der Waals surface area contributed by atoms with E-state index in [0.29, 0.717) is 17.5 Å². The number of imidazole rings is 1. The molecule has 4 aromatic rings. The lowest BCUT2D eigenvalue weighted by atomic mass is 10.2. The highest BCUT2D eigenvalue weighted by atomic mass is 35.5. The summed E-state index contributed by atoms with van der Waals surface area (Å²) in [6, 6.07) is 7.61. The highest BCUT2D eigenvalue weighted by molar-refractivity contribution is 6.30. The molecule has 4 heterocycles. The van der Waals surface area contributed by atoms with Crippen LogP contribution in [-0.2, 0) is 13.2 Å². The zero-order valence-corrected chi connectivity index (χ0v) is 17.7. The summed E-state index contributed by atoms with van der Waals surface area (Å²) in [5, 5.41) is 0.694.